The van der Waals surface area contributed by atoms with Gasteiger partial charge < -0.3 is 14.6 Å². The lowest BCUT2D eigenvalue weighted by Crippen LogP contribution is -2.34. The number of aliphatic hydroxyl groups is 1. The second kappa shape index (κ2) is 11.6. The fourth-order valence-electron chi connectivity index (χ4n) is 5.91. The van der Waals surface area contributed by atoms with Crippen LogP contribution in [0.2, 0.25) is 0 Å². The highest BCUT2D eigenvalue weighted by Crippen LogP contribution is 2.39. The van der Waals surface area contributed by atoms with E-state index in [2.05, 4.69) is 85.2 Å². The Balaban J connectivity index is 1.26. The van der Waals surface area contributed by atoms with Crippen molar-refractivity contribution in [1.82, 2.24) is 10.5 Å². The molecule has 0 amide bonds. The third-order valence-electron chi connectivity index (χ3n) is 8.25. The number of hydrazine groups is 1. The molecule has 3 aromatic carbocycles. The molecule has 7 heteroatoms. The summed E-state index contributed by atoms with van der Waals surface area (Å²) in [5, 5.41) is 20.2. The summed E-state index contributed by atoms with van der Waals surface area (Å²) in [5.41, 5.74) is 12.2. The van der Waals surface area contributed by atoms with E-state index in [1.165, 1.54) is 44.5 Å². The smallest absolute Gasteiger partial charge is 0.144 e. The van der Waals surface area contributed by atoms with E-state index in [1.807, 2.05) is 12.1 Å². The maximum atomic E-state index is 9.98. The molecule has 0 aromatic heterocycles. The van der Waals surface area contributed by atoms with Crippen LogP contribution in [0.4, 0.5) is 0 Å². The molecule has 1 heterocycles. The van der Waals surface area contributed by atoms with E-state index in [-0.39, 0.29) is 6.17 Å². The summed E-state index contributed by atoms with van der Waals surface area (Å²) < 4.78 is 12.3. The number of hydrogen-bond donors (Lipinski definition) is 2. The molecule has 1 aliphatic heterocycles. The average Bonchev–Trinajstić information content (AvgIpc) is 3.48. The molecule has 0 bridgehead atoms. The van der Waals surface area contributed by atoms with Gasteiger partial charge in [-0.1, -0.05) is 29.5 Å². The maximum absolute atomic E-state index is 9.98. The zero-order valence-electron chi connectivity index (χ0n) is 24.6. The van der Waals surface area contributed by atoms with Gasteiger partial charge >= 0.3 is 0 Å². The lowest BCUT2D eigenvalue weighted by Gasteiger charge is -2.20. The van der Waals surface area contributed by atoms with E-state index >= 15 is 0 Å². The number of nitrogens with one attached hydrogen (secondary N) is 1. The Kier molecular flexibility index (Phi) is 8.15. The van der Waals surface area contributed by atoms with Gasteiger partial charge in [0.25, 0.3) is 0 Å². The summed E-state index contributed by atoms with van der Waals surface area (Å²) in [6, 6.07) is 17.2. The number of nitrogens with zero attached hydrogens (tertiary/aromatic N) is 3. The van der Waals surface area contributed by atoms with Gasteiger partial charge in [0.1, 0.15) is 24.3 Å². The second-order valence-electron chi connectivity index (χ2n) is 12.0. The first-order valence-corrected chi connectivity index (χ1v) is 14.3. The van der Waals surface area contributed by atoms with Crippen molar-refractivity contribution >= 4 is 0 Å². The van der Waals surface area contributed by atoms with Crippen LogP contribution in [-0.4, -0.2) is 35.5 Å². The van der Waals surface area contributed by atoms with Gasteiger partial charge in [-0.3, -0.25) is 0 Å². The number of rotatable bonds is 10. The van der Waals surface area contributed by atoms with E-state index in [4.69, 9.17) is 9.47 Å². The van der Waals surface area contributed by atoms with E-state index in [0.29, 0.717) is 25.6 Å². The van der Waals surface area contributed by atoms with Crippen molar-refractivity contribution < 1.29 is 14.6 Å². The van der Waals surface area contributed by atoms with Crippen LogP contribution in [0.1, 0.15) is 72.4 Å². The van der Waals surface area contributed by atoms with Crippen molar-refractivity contribution in [3.05, 3.63) is 81.9 Å². The molecule has 7 nitrogen and oxygen atoms in total. The summed E-state index contributed by atoms with van der Waals surface area (Å²) in [4.78, 5) is 0. The largest absolute Gasteiger partial charge is 0.493 e. The highest BCUT2D eigenvalue weighted by molar-refractivity contribution is 5.75. The Hall–Kier alpha value is -3.42. The van der Waals surface area contributed by atoms with Crippen LogP contribution in [0.5, 0.6) is 11.5 Å². The van der Waals surface area contributed by atoms with Crippen molar-refractivity contribution in [2.45, 2.75) is 84.6 Å². The first-order chi connectivity index (χ1) is 19.1. The molecule has 40 heavy (non-hydrogen) atoms. The van der Waals surface area contributed by atoms with Gasteiger partial charge in [0.05, 0.1) is 12.2 Å². The van der Waals surface area contributed by atoms with Gasteiger partial charge in [-0.2, -0.15) is 5.01 Å². The topological polar surface area (TPSA) is 78.7 Å². The summed E-state index contributed by atoms with van der Waals surface area (Å²) in [6.45, 7) is 11.1. The van der Waals surface area contributed by atoms with Gasteiger partial charge in [0.2, 0.25) is 0 Å². The molecule has 2 aliphatic rings. The monoisotopic (exact) mass is 542 g/mol. The van der Waals surface area contributed by atoms with E-state index < -0.39 is 5.60 Å². The fourth-order valence-corrected chi connectivity index (χ4v) is 5.91. The molecule has 2 atom stereocenters. The van der Waals surface area contributed by atoms with Gasteiger partial charge in [-0.25, -0.2) is 5.53 Å². The molecule has 0 saturated carbocycles. The number of aryl methyl sites for hydroxylation is 3. The number of hydrogen-bond acceptors (Lipinski definition) is 7. The third kappa shape index (κ3) is 6.31. The molecule has 212 valence electrons. The summed E-state index contributed by atoms with van der Waals surface area (Å²) in [6.07, 6.45) is 3.86. The molecule has 2 N–H and O–H groups in total. The number of fused-ring (bicyclic) bond motifs is 1. The summed E-state index contributed by atoms with van der Waals surface area (Å²) in [7, 11) is 1.99. The fraction of sp³-hybridized carbons (Fsp3) is 0.455. The van der Waals surface area contributed by atoms with Crippen LogP contribution < -0.4 is 15.0 Å². The average molecular weight is 543 g/mol. The predicted octanol–water partition coefficient (Wildman–Crippen LogP) is 6.96. The maximum Gasteiger partial charge on any atom is 0.144 e. The zero-order chi connectivity index (χ0) is 28.4. The highest BCUT2D eigenvalue weighted by Gasteiger charge is 2.29. The molecule has 0 saturated heterocycles. The Morgan fingerprint density at radius 1 is 1.02 bits per heavy atom. The van der Waals surface area contributed by atoms with E-state index in [1.54, 1.807) is 13.8 Å². The third-order valence-corrected chi connectivity index (χ3v) is 8.25. The first-order valence-electron chi connectivity index (χ1n) is 14.3. The van der Waals surface area contributed by atoms with Gasteiger partial charge in [0, 0.05) is 13.5 Å². The van der Waals surface area contributed by atoms with Crippen LogP contribution in [0.25, 0.3) is 11.1 Å². The van der Waals surface area contributed by atoms with Crippen LogP contribution in [-0.2, 0) is 13.0 Å². The second-order valence-corrected chi connectivity index (χ2v) is 12.0. The van der Waals surface area contributed by atoms with Gasteiger partial charge in [-0.15, -0.1) is 5.11 Å². The van der Waals surface area contributed by atoms with E-state index in [9.17, 15) is 5.11 Å². The molecule has 0 fully saturated rings. The Labute approximate surface area is 238 Å². The molecule has 0 radical (unpaired) electrons. The van der Waals surface area contributed by atoms with Crippen LogP contribution in [0, 0.1) is 20.8 Å². The minimum atomic E-state index is -0.733. The molecule has 1 aliphatic carbocycles. The lowest BCUT2D eigenvalue weighted by molar-refractivity contribution is 0.0553. The van der Waals surface area contributed by atoms with Crippen LogP contribution in [0.15, 0.2) is 58.9 Å². The van der Waals surface area contributed by atoms with Crippen molar-refractivity contribution in [3.63, 3.8) is 0 Å². The Morgan fingerprint density at radius 3 is 2.50 bits per heavy atom. The summed E-state index contributed by atoms with van der Waals surface area (Å²) in [5.74, 6) is 2.26. The minimum Gasteiger partial charge on any atom is -0.493 e. The van der Waals surface area contributed by atoms with Crippen molar-refractivity contribution in [1.29, 1.82) is 0 Å². The standard InChI is InChI=1S/C33H42N4O3/c1-21-16-28(39-15-14-33(4,5)38)17-22(2)32(21)29-9-7-8-26(23(29)3)20-40-27-12-13-30-24(18-27)10-11-25(30)19-31-34-35-36-37(31)6/h7-9,12-13,16-18,25,31,38H,10-11,14-15,19-20H2,1-6H3,(H,34,36). The van der Waals surface area contributed by atoms with Crippen molar-refractivity contribution in [3.8, 4) is 22.6 Å². The quantitative estimate of drug-likeness (QED) is 0.290. The molecule has 2 unspecified atom stereocenters. The zero-order valence-corrected chi connectivity index (χ0v) is 24.6. The molecular weight excluding hydrogens is 500 g/mol. The van der Waals surface area contributed by atoms with Gasteiger partial charge in [0.15, 0.2) is 0 Å². The highest BCUT2D eigenvalue weighted by atomic mass is 16.5. The van der Waals surface area contributed by atoms with Crippen LogP contribution in [0.3, 0.4) is 0 Å². The Morgan fingerprint density at radius 2 is 1.80 bits per heavy atom. The SMILES string of the molecule is Cc1cc(OCCC(C)(C)O)cc(C)c1-c1cccc(COc2ccc3c(c2)CCC3CC2N=NNN2C)c1C. The van der Waals surface area contributed by atoms with Gasteiger partial charge in [-0.05, 0) is 129 Å². The molecular formula is C33H42N4O3. The number of ether oxygens (including phenoxy) is 2. The van der Waals surface area contributed by atoms with E-state index in [0.717, 1.165) is 30.8 Å². The normalized spacial score (nSPS) is 18.6. The molecule has 3 aromatic rings. The predicted molar refractivity (Wildman–Crippen MR) is 158 cm³/mol. The van der Waals surface area contributed by atoms with Crippen LogP contribution >= 0.6 is 0 Å². The lowest BCUT2D eigenvalue weighted by atomic mass is 9.90. The minimum absolute atomic E-state index is 0.0943. The van der Waals surface area contributed by atoms with Crippen molar-refractivity contribution in [2.24, 2.45) is 10.3 Å². The summed E-state index contributed by atoms with van der Waals surface area (Å²) >= 11 is 0. The first kappa shape index (κ1) is 28.1. The number of benzene rings is 3. The van der Waals surface area contributed by atoms with Crippen molar-refractivity contribution in [2.75, 3.05) is 13.7 Å². The molecule has 0 spiro atoms. The molecule has 5 rings (SSSR count). The Bertz CT molecular complexity index is 1370.